The summed E-state index contributed by atoms with van der Waals surface area (Å²) < 4.78 is 6.69. The SMILES string of the molecule is N#CCCCCOc1ccc(Br)c(CCN)c1. The van der Waals surface area contributed by atoms with E-state index in [2.05, 4.69) is 22.0 Å². The van der Waals surface area contributed by atoms with Crippen LogP contribution >= 0.6 is 15.9 Å². The van der Waals surface area contributed by atoms with Crippen LogP contribution in [0.5, 0.6) is 5.75 Å². The summed E-state index contributed by atoms with van der Waals surface area (Å²) in [5.41, 5.74) is 6.71. The zero-order valence-electron chi connectivity index (χ0n) is 9.79. The minimum absolute atomic E-state index is 0.599. The maximum atomic E-state index is 8.40. The lowest BCUT2D eigenvalue weighted by atomic mass is 10.1. The lowest BCUT2D eigenvalue weighted by molar-refractivity contribution is 0.307. The summed E-state index contributed by atoms with van der Waals surface area (Å²) in [5.74, 6) is 0.869. The van der Waals surface area contributed by atoms with Gasteiger partial charge in [0.2, 0.25) is 0 Å². The number of nitriles is 1. The Balaban J connectivity index is 2.43. The first-order chi connectivity index (χ1) is 8.27. The number of rotatable bonds is 7. The molecule has 0 aliphatic rings. The molecular formula is C13H17BrN2O. The minimum Gasteiger partial charge on any atom is -0.494 e. The van der Waals surface area contributed by atoms with E-state index in [1.807, 2.05) is 18.2 Å². The molecule has 0 aliphatic carbocycles. The molecule has 1 rings (SSSR count). The molecule has 1 aromatic carbocycles. The van der Waals surface area contributed by atoms with Crippen LogP contribution in [-0.2, 0) is 6.42 Å². The molecule has 0 bridgehead atoms. The fraction of sp³-hybridized carbons (Fsp3) is 0.462. The summed E-state index contributed by atoms with van der Waals surface area (Å²) in [4.78, 5) is 0. The van der Waals surface area contributed by atoms with Crippen molar-refractivity contribution in [2.75, 3.05) is 13.2 Å². The van der Waals surface area contributed by atoms with Crippen LogP contribution in [0.1, 0.15) is 24.8 Å². The molecule has 0 aliphatic heterocycles. The van der Waals surface area contributed by atoms with Crippen molar-refractivity contribution < 1.29 is 4.74 Å². The van der Waals surface area contributed by atoms with Gasteiger partial charge in [-0.15, -0.1) is 0 Å². The highest BCUT2D eigenvalue weighted by molar-refractivity contribution is 9.10. The van der Waals surface area contributed by atoms with Gasteiger partial charge in [-0.25, -0.2) is 0 Å². The van der Waals surface area contributed by atoms with E-state index in [0.717, 1.165) is 29.5 Å². The smallest absolute Gasteiger partial charge is 0.119 e. The van der Waals surface area contributed by atoms with Crippen LogP contribution in [0.25, 0.3) is 0 Å². The van der Waals surface area contributed by atoms with Crippen molar-refractivity contribution in [2.24, 2.45) is 5.73 Å². The highest BCUT2D eigenvalue weighted by Crippen LogP contribution is 2.23. The average molecular weight is 297 g/mol. The fourth-order valence-corrected chi connectivity index (χ4v) is 1.93. The number of nitrogens with zero attached hydrogens (tertiary/aromatic N) is 1. The third-order valence-electron chi connectivity index (χ3n) is 2.38. The van der Waals surface area contributed by atoms with Crippen molar-refractivity contribution in [2.45, 2.75) is 25.7 Å². The second-order valence-electron chi connectivity index (χ2n) is 3.76. The first-order valence-electron chi connectivity index (χ1n) is 5.76. The maximum Gasteiger partial charge on any atom is 0.119 e. The second-order valence-corrected chi connectivity index (χ2v) is 4.61. The molecule has 0 heterocycles. The van der Waals surface area contributed by atoms with Gasteiger partial charge in [-0.2, -0.15) is 5.26 Å². The van der Waals surface area contributed by atoms with Crippen LogP contribution in [0.15, 0.2) is 22.7 Å². The van der Waals surface area contributed by atoms with E-state index in [0.29, 0.717) is 19.6 Å². The largest absolute Gasteiger partial charge is 0.494 e. The molecule has 0 saturated heterocycles. The maximum absolute atomic E-state index is 8.40. The molecule has 1 aromatic rings. The quantitative estimate of drug-likeness (QED) is 0.787. The van der Waals surface area contributed by atoms with Crippen molar-refractivity contribution in [1.29, 1.82) is 5.26 Å². The van der Waals surface area contributed by atoms with E-state index in [1.165, 1.54) is 5.56 Å². The van der Waals surface area contributed by atoms with Gasteiger partial charge < -0.3 is 10.5 Å². The molecule has 0 fully saturated rings. The number of halogens is 1. The number of unbranched alkanes of at least 4 members (excludes halogenated alkanes) is 2. The summed E-state index contributed by atoms with van der Waals surface area (Å²) in [7, 11) is 0. The first-order valence-corrected chi connectivity index (χ1v) is 6.55. The Morgan fingerprint density at radius 1 is 1.35 bits per heavy atom. The van der Waals surface area contributed by atoms with Gasteiger partial charge >= 0.3 is 0 Å². The molecule has 0 radical (unpaired) electrons. The van der Waals surface area contributed by atoms with E-state index in [-0.39, 0.29) is 0 Å². The van der Waals surface area contributed by atoms with Crippen LogP contribution < -0.4 is 10.5 Å². The van der Waals surface area contributed by atoms with Crippen molar-refractivity contribution in [1.82, 2.24) is 0 Å². The van der Waals surface area contributed by atoms with E-state index in [1.54, 1.807) is 0 Å². The van der Waals surface area contributed by atoms with Gasteiger partial charge in [-0.1, -0.05) is 15.9 Å². The Morgan fingerprint density at radius 2 is 2.18 bits per heavy atom. The van der Waals surface area contributed by atoms with Crippen LogP contribution in [0.3, 0.4) is 0 Å². The Bertz CT molecular complexity index is 387. The Hall–Kier alpha value is -1.05. The highest BCUT2D eigenvalue weighted by Gasteiger charge is 2.01. The van der Waals surface area contributed by atoms with Gasteiger partial charge in [0, 0.05) is 10.9 Å². The minimum atomic E-state index is 0.599. The summed E-state index contributed by atoms with van der Waals surface area (Å²) in [5, 5.41) is 8.40. The standard InChI is InChI=1S/C13H17BrN2O/c14-13-5-4-12(10-11(13)6-8-16)17-9-3-1-2-7-15/h4-5,10H,1-3,6,8-9,16H2. The van der Waals surface area contributed by atoms with Crippen molar-refractivity contribution >= 4 is 15.9 Å². The van der Waals surface area contributed by atoms with Crippen LogP contribution in [0.4, 0.5) is 0 Å². The van der Waals surface area contributed by atoms with Gasteiger partial charge in [0.05, 0.1) is 12.7 Å². The molecule has 0 spiro atoms. The predicted molar refractivity (Wildman–Crippen MR) is 71.9 cm³/mol. The van der Waals surface area contributed by atoms with E-state index >= 15 is 0 Å². The molecular weight excluding hydrogens is 280 g/mol. The van der Waals surface area contributed by atoms with E-state index in [4.69, 9.17) is 15.7 Å². The molecule has 3 nitrogen and oxygen atoms in total. The van der Waals surface area contributed by atoms with Crippen molar-refractivity contribution in [3.8, 4) is 11.8 Å². The van der Waals surface area contributed by atoms with Crippen LogP contribution in [-0.4, -0.2) is 13.2 Å². The van der Waals surface area contributed by atoms with Crippen LogP contribution in [0.2, 0.25) is 0 Å². The van der Waals surface area contributed by atoms with E-state index in [9.17, 15) is 0 Å². The number of nitrogens with two attached hydrogens (primary N) is 1. The molecule has 92 valence electrons. The molecule has 0 aromatic heterocycles. The predicted octanol–water partition coefficient (Wildman–Crippen LogP) is 3.02. The average Bonchev–Trinajstić information content (AvgIpc) is 2.33. The molecule has 4 heteroatoms. The molecule has 0 amide bonds. The fourth-order valence-electron chi connectivity index (χ4n) is 1.48. The van der Waals surface area contributed by atoms with Crippen LogP contribution in [0, 0.1) is 11.3 Å². The monoisotopic (exact) mass is 296 g/mol. The van der Waals surface area contributed by atoms with Crippen molar-refractivity contribution in [3.63, 3.8) is 0 Å². The topological polar surface area (TPSA) is 59.0 Å². The number of hydrogen-bond acceptors (Lipinski definition) is 3. The Labute approximate surface area is 111 Å². The summed E-state index contributed by atoms with van der Waals surface area (Å²) in [6, 6.07) is 8.06. The molecule has 2 N–H and O–H groups in total. The normalized spacial score (nSPS) is 9.94. The number of benzene rings is 1. The van der Waals surface area contributed by atoms with Gasteiger partial charge in [-0.05, 0) is 49.6 Å². The lowest BCUT2D eigenvalue weighted by Gasteiger charge is -2.09. The summed E-state index contributed by atoms with van der Waals surface area (Å²) in [6.07, 6.45) is 3.24. The second kappa shape index (κ2) is 8.10. The molecule has 17 heavy (non-hydrogen) atoms. The summed E-state index contributed by atoms with van der Waals surface area (Å²) in [6.45, 7) is 1.29. The summed E-state index contributed by atoms with van der Waals surface area (Å²) >= 11 is 3.49. The molecule has 0 atom stereocenters. The highest BCUT2D eigenvalue weighted by atomic mass is 79.9. The zero-order chi connectivity index (χ0) is 12.5. The van der Waals surface area contributed by atoms with Gasteiger partial charge in [-0.3, -0.25) is 0 Å². The molecule has 0 saturated carbocycles. The van der Waals surface area contributed by atoms with Gasteiger partial charge in [0.1, 0.15) is 5.75 Å². The van der Waals surface area contributed by atoms with Gasteiger partial charge in [0.15, 0.2) is 0 Å². The Kier molecular flexibility index (Phi) is 6.68. The third-order valence-corrected chi connectivity index (χ3v) is 3.16. The van der Waals surface area contributed by atoms with E-state index < -0.39 is 0 Å². The zero-order valence-corrected chi connectivity index (χ0v) is 11.4. The first kappa shape index (κ1) is 14.0. The van der Waals surface area contributed by atoms with Crippen molar-refractivity contribution in [3.05, 3.63) is 28.2 Å². The Morgan fingerprint density at radius 3 is 2.88 bits per heavy atom. The van der Waals surface area contributed by atoms with Gasteiger partial charge in [0.25, 0.3) is 0 Å². The number of hydrogen-bond donors (Lipinski definition) is 1. The number of ether oxygens (including phenoxy) is 1. The third kappa shape index (κ3) is 5.20. The lowest BCUT2D eigenvalue weighted by Crippen LogP contribution is -2.04. The molecule has 0 unspecified atom stereocenters.